The summed E-state index contributed by atoms with van der Waals surface area (Å²) >= 11 is 0. The van der Waals surface area contributed by atoms with Crippen LogP contribution in [0.3, 0.4) is 0 Å². The number of ether oxygens (including phenoxy) is 1. The zero-order chi connectivity index (χ0) is 16.8. The molecule has 0 bridgehead atoms. The molecule has 1 aromatic carbocycles. The average molecular weight is 307 g/mol. The number of benzene rings is 1. The molecule has 1 aromatic rings. The smallest absolute Gasteiger partial charge is 0.410 e. The summed E-state index contributed by atoms with van der Waals surface area (Å²) in [6, 6.07) is 9.50. The predicted molar refractivity (Wildman–Crippen MR) is 84.8 cm³/mol. The molecule has 5 nitrogen and oxygen atoms in total. The first kappa shape index (κ1) is 18.0. The second-order valence-electron chi connectivity index (χ2n) is 6.42. The van der Waals surface area contributed by atoms with Crippen molar-refractivity contribution in [2.75, 3.05) is 13.6 Å². The van der Waals surface area contributed by atoms with E-state index >= 15 is 0 Å². The number of carbonyl (C=O) groups is 2. The molecule has 1 amide bonds. The van der Waals surface area contributed by atoms with Gasteiger partial charge in [-0.25, -0.2) is 4.79 Å². The number of amides is 1. The van der Waals surface area contributed by atoms with Gasteiger partial charge in [-0.2, -0.15) is 0 Å². The molecule has 0 aliphatic carbocycles. The Bertz CT molecular complexity index is 493. The first-order chi connectivity index (χ1) is 10.2. The molecule has 122 valence electrons. The van der Waals surface area contributed by atoms with Gasteiger partial charge in [0.2, 0.25) is 0 Å². The summed E-state index contributed by atoms with van der Waals surface area (Å²) in [5.74, 6) is -1.37. The van der Waals surface area contributed by atoms with Gasteiger partial charge in [0, 0.05) is 13.6 Å². The van der Waals surface area contributed by atoms with Gasteiger partial charge in [0.25, 0.3) is 0 Å². The van der Waals surface area contributed by atoms with Crippen molar-refractivity contribution < 1.29 is 19.4 Å². The minimum absolute atomic E-state index is 0.346. The number of rotatable bonds is 6. The van der Waals surface area contributed by atoms with Crippen molar-refractivity contribution in [2.24, 2.45) is 5.92 Å². The first-order valence-corrected chi connectivity index (χ1v) is 7.40. The summed E-state index contributed by atoms with van der Waals surface area (Å²) < 4.78 is 5.25. The van der Waals surface area contributed by atoms with Crippen molar-refractivity contribution in [1.29, 1.82) is 0 Å². The van der Waals surface area contributed by atoms with Gasteiger partial charge in [-0.15, -0.1) is 0 Å². The van der Waals surface area contributed by atoms with E-state index < -0.39 is 23.6 Å². The van der Waals surface area contributed by atoms with Crippen molar-refractivity contribution in [1.82, 2.24) is 4.90 Å². The number of carboxylic acids is 1. The standard InChI is InChI=1S/C17H25NO4/c1-17(2,3)22-16(21)18(4)11-10-14(15(19)20)12-13-8-6-5-7-9-13/h5-9,14H,10-12H2,1-4H3,(H,19,20). The zero-order valence-corrected chi connectivity index (χ0v) is 13.7. The molecule has 0 heterocycles. The molecule has 0 saturated carbocycles. The Morgan fingerprint density at radius 2 is 1.82 bits per heavy atom. The summed E-state index contributed by atoms with van der Waals surface area (Å²) in [6.07, 6.45) is 0.412. The highest BCUT2D eigenvalue weighted by atomic mass is 16.6. The summed E-state index contributed by atoms with van der Waals surface area (Å²) in [4.78, 5) is 24.7. The van der Waals surface area contributed by atoms with Crippen LogP contribution in [0.25, 0.3) is 0 Å². The Morgan fingerprint density at radius 3 is 2.32 bits per heavy atom. The predicted octanol–water partition coefficient (Wildman–Crippen LogP) is 3.19. The molecule has 0 aliphatic rings. The van der Waals surface area contributed by atoms with E-state index in [2.05, 4.69) is 0 Å². The monoisotopic (exact) mass is 307 g/mol. The molecule has 1 unspecified atom stereocenters. The van der Waals surface area contributed by atoms with Gasteiger partial charge in [0.05, 0.1) is 5.92 Å². The third-order valence-electron chi connectivity index (χ3n) is 3.19. The topological polar surface area (TPSA) is 66.8 Å². The lowest BCUT2D eigenvalue weighted by Crippen LogP contribution is -2.36. The molecule has 0 spiro atoms. The minimum atomic E-state index is -0.846. The van der Waals surface area contributed by atoms with Gasteiger partial charge in [0.15, 0.2) is 0 Å². The maximum absolute atomic E-state index is 11.9. The molecule has 0 aliphatic heterocycles. The minimum Gasteiger partial charge on any atom is -0.481 e. The van der Waals surface area contributed by atoms with Gasteiger partial charge >= 0.3 is 12.1 Å². The second kappa shape index (κ2) is 7.82. The highest BCUT2D eigenvalue weighted by molar-refractivity contribution is 5.71. The van der Waals surface area contributed by atoms with Crippen LogP contribution in [0.15, 0.2) is 30.3 Å². The molecule has 1 atom stereocenters. The van der Waals surface area contributed by atoms with Crippen LogP contribution in [-0.4, -0.2) is 41.3 Å². The Kier molecular flexibility index (Phi) is 6.40. The highest BCUT2D eigenvalue weighted by Gasteiger charge is 2.22. The summed E-state index contributed by atoms with van der Waals surface area (Å²) in [7, 11) is 1.62. The van der Waals surface area contributed by atoms with Gasteiger partial charge in [-0.1, -0.05) is 30.3 Å². The Balaban J connectivity index is 2.54. The van der Waals surface area contributed by atoms with Gasteiger partial charge in [-0.3, -0.25) is 4.79 Å². The SMILES string of the molecule is CN(CCC(Cc1ccccc1)C(=O)O)C(=O)OC(C)(C)C. The van der Waals surface area contributed by atoms with Crippen LogP contribution in [0.4, 0.5) is 4.79 Å². The Morgan fingerprint density at radius 1 is 1.23 bits per heavy atom. The van der Waals surface area contributed by atoms with E-state index in [4.69, 9.17) is 4.74 Å². The number of carboxylic acid groups (broad SMARTS) is 1. The normalized spacial score (nSPS) is 12.5. The number of hydrogen-bond donors (Lipinski definition) is 1. The van der Waals surface area contributed by atoms with Crippen LogP contribution in [0.1, 0.15) is 32.8 Å². The van der Waals surface area contributed by atoms with E-state index in [1.165, 1.54) is 4.90 Å². The molecule has 0 fully saturated rings. The van der Waals surface area contributed by atoms with Crippen LogP contribution < -0.4 is 0 Å². The molecule has 1 N–H and O–H groups in total. The lowest BCUT2D eigenvalue weighted by Gasteiger charge is -2.25. The number of nitrogens with zero attached hydrogens (tertiary/aromatic N) is 1. The quantitative estimate of drug-likeness (QED) is 0.876. The molecule has 0 radical (unpaired) electrons. The van der Waals surface area contributed by atoms with E-state index in [1.807, 2.05) is 30.3 Å². The van der Waals surface area contributed by atoms with Crippen molar-refractivity contribution in [3.8, 4) is 0 Å². The van der Waals surface area contributed by atoms with E-state index in [0.29, 0.717) is 19.4 Å². The van der Waals surface area contributed by atoms with Gasteiger partial charge < -0.3 is 14.7 Å². The highest BCUT2D eigenvalue weighted by Crippen LogP contribution is 2.15. The molecular weight excluding hydrogens is 282 g/mol. The lowest BCUT2D eigenvalue weighted by molar-refractivity contribution is -0.142. The van der Waals surface area contributed by atoms with E-state index in [1.54, 1.807) is 27.8 Å². The maximum Gasteiger partial charge on any atom is 0.410 e. The fraction of sp³-hybridized carbons (Fsp3) is 0.529. The third kappa shape index (κ3) is 6.61. The molecule has 22 heavy (non-hydrogen) atoms. The second-order valence-corrected chi connectivity index (χ2v) is 6.42. The summed E-state index contributed by atoms with van der Waals surface area (Å²) in [5.41, 5.74) is 0.427. The Labute approximate surface area is 131 Å². The summed E-state index contributed by atoms with van der Waals surface area (Å²) in [6.45, 7) is 5.75. The number of carbonyl (C=O) groups excluding carboxylic acids is 1. The van der Waals surface area contributed by atoms with Crippen molar-refractivity contribution in [3.05, 3.63) is 35.9 Å². The zero-order valence-electron chi connectivity index (χ0n) is 13.7. The first-order valence-electron chi connectivity index (χ1n) is 7.40. The maximum atomic E-state index is 11.9. The average Bonchev–Trinajstić information content (AvgIpc) is 2.42. The lowest BCUT2D eigenvalue weighted by atomic mass is 9.96. The summed E-state index contributed by atoms with van der Waals surface area (Å²) in [5, 5.41) is 9.34. The Hall–Kier alpha value is -2.04. The van der Waals surface area contributed by atoms with Crippen molar-refractivity contribution in [2.45, 2.75) is 39.2 Å². The van der Waals surface area contributed by atoms with Crippen molar-refractivity contribution >= 4 is 12.1 Å². The molecule has 0 aromatic heterocycles. The van der Waals surface area contributed by atoms with Crippen LogP contribution in [0.2, 0.25) is 0 Å². The van der Waals surface area contributed by atoms with Crippen LogP contribution >= 0.6 is 0 Å². The molecule has 1 rings (SSSR count). The van der Waals surface area contributed by atoms with Gasteiger partial charge in [-0.05, 0) is 39.2 Å². The van der Waals surface area contributed by atoms with Crippen LogP contribution in [-0.2, 0) is 16.0 Å². The largest absolute Gasteiger partial charge is 0.481 e. The van der Waals surface area contributed by atoms with E-state index in [0.717, 1.165) is 5.56 Å². The number of hydrogen-bond acceptors (Lipinski definition) is 3. The van der Waals surface area contributed by atoms with E-state index in [-0.39, 0.29) is 0 Å². The third-order valence-corrected chi connectivity index (χ3v) is 3.19. The number of aliphatic carboxylic acids is 1. The van der Waals surface area contributed by atoms with Gasteiger partial charge in [0.1, 0.15) is 5.60 Å². The molecular formula is C17H25NO4. The van der Waals surface area contributed by atoms with E-state index in [9.17, 15) is 14.7 Å². The fourth-order valence-corrected chi connectivity index (χ4v) is 1.99. The van der Waals surface area contributed by atoms with Crippen LogP contribution in [0, 0.1) is 5.92 Å². The molecule has 5 heteroatoms. The fourth-order valence-electron chi connectivity index (χ4n) is 1.99. The van der Waals surface area contributed by atoms with Crippen molar-refractivity contribution in [3.63, 3.8) is 0 Å². The van der Waals surface area contributed by atoms with Crippen LogP contribution in [0.5, 0.6) is 0 Å². The molecule has 0 saturated heterocycles.